The molecule has 0 aliphatic carbocycles. The molecule has 0 aliphatic rings. The summed E-state index contributed by atoms with van der Waals surface area (Å²) in [7, 11) is -1.33. The van der Waals surface area contributed by atoms with E-state index in [2.05, 4.69) is 0 Å². The van der Waals surface area contributed by atoms with Gasteiger partial charge in [-0.2, -0.15) is 0 Å². The van der Waals surface area contributed by atoms with Crippen LogP contribution in [0.4, 0.5) is 0 Å². The van der Waals surface area contributed by atoms with Crippen molar-refractivity contribution in [3.05, 3.63) is 64.2 Å². The van der Waals surface area contributed by atoms with Gasteiger partial charge in [0.15, 0.2) is 0 Å². The van der Waals surface area contributed by atoms with Crippen molar-refractivity contribution in [3.8, 4) is 0 Å². The molecule has 2 rings (SSSR count). The molecule has 1 unspecified atom stereocenters. The molecule has 0 fully saturated rings. The Kier molecular flexibility index (Phi) is 4.57. The second kappa shape index (κ2) is 6.20. The van der Waals surface area contributed by atoms with E-state index in [9.17, 15) is 9.00 Å². The highest BCUT2D eigenvalue weighted by Gasteiger charge is 2.12. The molecule has 0 aliphatic heterocycles. The van der Waals surface area contributed by atoms with Crippen LogP contribution in [0.1, 0.15) is 21.5 Å². The summed E-state index contributed by atoms with van der Waals surface area (Å²) >= 11 is 6.03. The summed E-state index contributed by atoms with van der Waals surface area (Å²) in [4.78, 5) is 11.6. The first-order valence-electron chi connectivity index (χ1n) is 5.95. The zero-order valence-corrected chi connectivity index (χ0v) is 12.4. The maximum Gasteiger partial charge on any atom is 0.335 e. The molecule has 2 aromatic rings. The van der Waals surface area contributed by atoms with E-state index in [0.29, 0.717) is 15.5 Å². The molecular formula is C15H13ClO3S. The maximum atomic E-state index is 12.3. The standard InChI is InChI=1S/C15H13ClO3S/c1-10-6-7-12(8-13(10)15(17)18)20(19)9-11-4-2-3-5-14(11)16/h2-8H,9H2,1H3,(H,17,18). The van der Waals surface area contributed by atoms with Gasteiger partial charge in [-0.05, 0) is 36.2 Å². The van der Waals surface area contributed by atoms with Crippen LogP contribution in [-0.2, 0) is 16.6 Å². The lowest BCUT2D eigenvalue weighted by Gasteiger charge is -2.07. The summed E-state index contributed by atoms with van der Waals surface area (Å²) in [6.07, 6.45) is 0. The molecule has 1 N–H and O–H groups in total. The van der Waals surface area contributed by atoms with Gasteiger partial charge >= 0.3 is 5.97 Å². The quantitative estimate of drug-likeness (QED) is 0.938. The van der Waals surface area contributed by atoms with Crippen molar-refractivity contribution in [2.45, 2.75) is 17.6 Å². The van der Waals surface area contributed by atoms with E-state index in [1.54, 1.807) is 25.1 Å². The topological polar surface area (TPSA) is 54.4 Å². The predicted molar refractivity (Wildman–Crippen MR) is 79.7 cm³/mol. The highest BCUT2D eigenvalue weighted by molar-refractivity contribution is 7.84. The molecule has 0 radical (unpaired) electrons. The zero-order valence-electron chi connectivity index (χ0n) is 10.8. The molecule has 2 aromatic carbocycles. The van der Waals surface area contributed by atoms with Gasteiger partial charge in [-0.3, -0.25) is 4.21 Å². The third-order valence-corrected chi connectivity index (χ3v) is 4.67. The number of halogens is 1. The minimum atomic E-state index is -1.33. The summed E-state index contributed by atoms with van der Waals surface area (Å²) in [5.74, 6) is -0.749. The van der Waals surface area contributed by atoms with E-state index >= 15 is 0 Å². The minimum Gasteiger partial charge on any atom is -0.478 e. The minimum absolute atomic E-state index is 0.176. The normalized spacial score (nSPS) is 12.1. The van der Waals surface area contributed by atoms with E-state index in [1.165, 1.54) is 6.07 Å². The van der Waals surface area contributed by atoms with Crippen LogP contribution in [0.5, 0.6) is 0 Å². The van der Waals surface area contributed by atoms with Crippen LogP contribution in [0, 0.1) is 6.92 Å². The summed E-state index contributed by atoms with van der Waals surface area (Å²) < 4.78 is 12.3. The SMILES string of the molecule is Cc1ccc(S(=O)Cc2ccccc2Cl)cc1C(=O)O. The lowest BCUT2D eigenvalue weighted by atomic mass is 10.1. The molecule has 1 atom stereocenters. The third-order valence-electron chi connectivity index (χ3n) is 2.95. The first-order chi connectivity index (χ1) is 9.49. The highest BCUT2D eigenvalue weighted by Crippen LogP contribution is 2.21. The molecule has 104 valence electrons. The van der Waals surface area contributed by atoms with E-state index in [4.69, 9.17) is 16.7 Å². The number of rotatable bonds is 4. The molecule has 3 nitrogen and oxygen atoms in total. The average Bonchev–Trinajstić information content (AvgIpc) is 2.41. The number of aryl methyl sites for hydroxylation is 1. The number of benzene rings is 2. The van der Waals surface area contributed by atoms with Crippen molar-refractivity contribution in [2.75, 3.05) is 0 Å². The number of aromatic carboxylic acids is 1. The molecule has 0 saturated carbocycles. The average molecular weight is 309 g/mol. The Morgan fingerprint density at radius 1 is 1.25 bits per heavy atom. The van der Waals surface area contributed by atoms with E-state index in [1.807, 2.05) is 18.2 Å². The highest BCUT2D eigenvalue weighted by atomic mass is 35.5. The molecule has 0 amide bonds. The van der Waals surface area contributed by atoms with Crippen molar-refractivity contribution >= 4 is 28.4 Å². The Bertz CT molecular complexity index is 683. The van der Waals surface area contributed by atoms with Crippen molar-refractivity contribution in [1.82, 2.24) is 0 Å². The predicted octanol–water partition coefficient (Wildman–Crippen LogP) is 3.65. The number of carboxylic acids is 1. The van der Waals surface area contributed by atoms with Crippen LogP contribution < -0.4 is 0 Å². The molecule has 5 heteroatoms. The molecule has 0 spiro atoms. The van der Waals surface area contributed by atoms with Crippen LogP contribution in [0.2, 0.25) is 5.02 Å². The van der Waals surface area contributed by atoms with Crippen LogP contribution in [0.25, 0.3) is 0 Å². The van der Waals surface area contributed by atoms with Gasteiger partial charge < -0.3 is 5.11 Å². The van der Waals surface area contributed by atoms with Gasteiger partial charge in [-0.25, -0.2) is 4.79 Å². The largest absolute Gasteiger partial charge is 0.478 e. The Morgan fingerprint density at radius 2 is 1.95 bits per heavy atom. The van der Waals surface area contributed by atoms with Crippen molar-refractivity contribution in [1.29, 1.82) is 0 Å². The van der Waals surface area contributed by atoms with Gasteiger partial charge in [-0.1, -0.05) is 35.9 Å². The number of hydrogen-bond acceptors (Lipinski definition) is 2. The van der Waals surface area contributed by atoms with Crippen LogP contribution in [0.3, 0.4) is 0 Å². The summed E-state index contributed by atoms with van der Waals surface area (Å²) in [5.41, 5.74) is 1.61. The van der Waals surface area contributed by atoms with E-state index in [0.717, 1.165) is 5.56 Å². The van der Waals surface area contributed by atoms with Gasteiger partial charge in [-0.15, -0.1) is 0 Å². The molecular weight excluding hydrogens is 296 g/mol. The first kappa shape index (κ1) is 14.8. The molecule has 0 saturated heterocycles. The van der Waals surface area contributed by atoms with Crippen molar-refractivity contribution in [3.63, 3.8) is 0 Å². The van der Waals surface area contributed by atoms with E-state index < -0.39 is 16.8 Å². The van der Waals surface area contributed by atoms with Crippen LogP contribution in [-0.4, -0.2) is 15.3 Å². The zero-order chi connectivity index (χ0) is 14.7. The lowest BCUT2D eigenvalue weighted by Crippen LogP contribution is -2.03. The third kappa shape index (κ3) is 3.26. The second-order valence-electron chi connectivity index (χ2n) is 4.36. The summed E-state index contributed by atoms with van der Waals surface area (Å²) in [5, 5.41) is 9.65. The van der Waals surface area contributed by atoms with Gasteiger partial charge in [0, 0.05) is 9.92 Å². The van der Waals surface area contributed by atoms with Gasteiger partial charge in [0.05, 0.1) is 22.1 Å². The maximum absolute atomic E-state index is 12.3. The molecule has 20 heavy (non-hydrogen) atoms. The fourth-order valence-corrected chi connectivity index (χ4v) is 3.26. The summed E-state index contributed by atoms with van der Waals surface area (Å²) in [6.45, 7) is 1.71. The van der Waals surface area contributed by atoms with Gasteiger partial charge in [0.25, 0.3) is 0 Å². The van der Waals surface area contributed by atoms with E-state index in [-0.39, 0.29) is 11.3 Å². The van der Waals surface area contributed by atoms with Gasteiger partial charge in [0.1, 0.15) is 0 Å². The van der Waals surface area contributed by atoms with Gasteiger partial charge in [0.2, 0.25) is 0 Å². The number of carbonyl (C=O) groups is 1. The van der Waals surface area contributed by atoms with Crippen LogP contribution >= 0.6 is 11.6 Å². The monoisotopic (exact) mass is 308 g/mol. The fraction of sp³-hybridized carbons (Fsp3) is 0.133. The first-order valence-corrected chi connectivity index (χ1v) is 7.64. The Balaban J connectivity index is 2.28. The smallest absolute Gasteiger partial charge is 0.335 e. The van der Waals surface area contributed by atoms with Crippen LogP contribution in [0.15, 0.2) is 47.4 Å². The second-order valence-corrected chi connectivity index (χ2v) is 6.22. The summed E-state index contributed by atoms with van der Waals surface area (Å²) in [6, 6.07) is 12.0. The Morgan fingerprint density at radius 3 is 2.60 bits per heavy atom. The number of carboxylic acid groups (broad SMARTS) is 1. The van der Waals surface area contributed by atoms with Crippen molar-refractivity contribution in [2.24, 2.45) is 0 Å². The Labute approximate surface area is 124 Å². The molecule has 0 bridgehead atoms. The lowest BCUT2D eigenvalue weighted by molar-refractivity contribution is 0.0696. The molecule has 0 heterocycles. The molecule has 0 aromatic heterocycles. The number of hydrogen-bond donors (Lipinski definition) is 1. The fourth-order valence-electron chi connectivity index (χ4n) is 1.81. The Hall–Kier alpha value is -1.65. The van der Waals surface area contributed by atoms with Crippen molar-refractivity contribution < 1.29 is 14.1 Å².